The highest BCUT2D eigenvalue weighted by Crippen LogP contribution is 2.57. The van der Waals surface area contributed by atoms with Crippen LogP contribution in [-0.2, 0) is 4.74 Å². The first-order chi connectivity index (χ1) is 7.97. The molecule has 98 valence electrons. The predicted molar refractivity (Wildman–Crippen MR) is 68.7 cm³/mol. The molecule has 3 N–H and O–H groups in total. The third kappa shape index (κ3) is 1.59. The van der Waals surface area contributed by atoms with Crippen molar-refractivity contribution in [2.24, 2.45) is 23.0 Å². The van der Waals surface area contributed by atoms with Gasteiger partial charge in [0.1, 0.15) is 0 Å². The van der Waals surface area contributed by atoms with Crippen LogP contribution in [0.25, 0.3) is 0 Å². The lowest BCUT2D eigenvalue weighted by Gasteiger charge is -2.66. The molecule has 1 aliphatic heterocycles. The topological polar surface area (TPSA) is 47.3 Å². The fraction of sp³-hybridized carbons (Fsp3) is 1.00. The van der Waals surface area contributed by atoms with Gasteiger partial charge in [0.15, 0.2) is 0 Å². The van der Waals surface area contributed by atoms with Crippen molar-refractivity contribution in [2.45, 2.75) is 57.7 Å². The zero-order valence-electron chi connectivity index (χ0n) is 11.3. The lowest BCUT2D eigenvalue weighted by atomic mass is 9.46. The van der Waals surface area contributed by atoms with Gasteiger partial charge < -0.3 is 15.8 Å². The average molecular weight is 238 g/mol. The van der Waals surface area contributed by atoms with Crippen LogP contribution < -0.4 is 11.1 Å². The van der Waals surface area contributed by atoms with E-state index in [-0.39, 0.29) is 11.0 Å². The van der Waals surface area contributed by atoms with Crippen LogP contribution in [0.5, 0.6) is 0 Å². The van der Waals surface area contributed by atoms with E-state index in [2.05, 4.69) is 26.1 Å². The van der Waals surface area contributed by atoms with Crippen LogP contribution in [0.1, 0.15) is 40.0 Å². The summed E-state index contributed by atoms with van der Waals surface area (Å²) >= 11 is 0. The van der Waals surface area contributed by atoms with E-state index in [1.54, 1.807) is 0 Å². The van der Waals surface area contributed by atoms with Gasteiger partial charge in [-0.2, -0.15) is 0 Å². The Morgan fingerprint density at radius 1 is 1.41 bits per heavy atom. The van der Waals surface area contributed by atoms with Gasteiger partial charge in [0.25, 0.3) is 0 Å². The maximum absolute atomic E-state index is 6.71. The summed E-state index contributed by atoms with van der Waals surface area (Å²) in [7, 11) is 0. The van der Waals surface area contributed by atoms with Crippen LogP contribution in [0.4, 0.5) is 0 Å². The molecule has 3 heteroatoms. The maximum Gasteiger partial charge on any atom is 0.0690 e. The van der Waals surface area contributed by atoms with Gasteiger partial charge in [-0.1, -0.05) is 20.8 Å². The molecule has 0 radical (unpaired) electrons. The first-order valence-electron chi connectivity index (χ1n) is 7.10. The van der Waals surface area contributed by atoms with Gasteiger partial charge in [0.05, 0.1) is 6.10 Å². The quantitative estimate of drug-likeness (QED) is 0.783. The lowest BCUT2D eigenvalue weighted by molar-refractivity contribution is -0.225. The monoisotopic (exact) mass is 238 g/mol. The highest BCUT2D eigenvalue weighted by Gasteiger charge is 2.66. The number of nitrogens with two attached hydrogens (primary N) is 1. The number of ether oxygens (including phenoxy) is 1. The van der Waals surface area contributed by atoms with Gasteiger partial charge in [0.2, 0.25) is 0 Å². The van der Waals surface area contributed by atoms with Gasteiger partial charge in [-0.25, -0.2) is 0 Å². The van der Waals surface area contributed by atoms with E-state index in [1.807, 2.05) is 0 Å². The summed E-state index contributed by atoms with van der Waals surface area (Å²) in [6.45, 7) is 8.74. The molecule has 3 fully saturated rings. The Kier molecular flexibility index (Phi) is 2.59. The molecule has 3 nitrogen and oxygen atoms in total. The highest BCUT2D eigenvalue weighted by atomic mass is 16.5. The van der Waals surface area contributed by atoms with Gasteiger partial charge in [-0.05, 0) is 25.2 Å². The fourth-order valence-electron chi connectivity index (χ4n) is 3.93. The standard InChI is InChI=1S/C14H26N2O/c1-9-7-11(9)16-8-14(15)10-5-4-6-17-12(10)13(14,2)3/h9-12,16H,4-8,15H2,1-3H3. The second kappa shape index (κ2) is 3.69. The van der Waals surface area contributed by atoms with Crippen molar-refractivity contribution in [1.82, 2.24) is 5.32 Å². The Hall–Kier alpha value is -0.120. The van der Waals surface area contributed by atoms with Crippen molar-refractivity contribution < 1.29 is 4.74 Å². The minimum absolute atomic E-state index is 0.0691. The van der Waals surface area contributed by atoms with Crippen LogP contribution in [0.3, 0.4) is 0 Å². The Labute approximate surface area is 104 Å². The molecule has 1 heterocycles. The second-order valence-corrected chi connectivity index (χ2v) is 7.00. The van der Waals surface area contributed by atoms with E-state index >= 15 is 0 Å². The van der Waals surface area contributed by atoms with Crippen molar-refractivity contribution in [2.75, 3.05) is 13.2 Å². The van der Waals surface area contributed by atoms with Crippen molar-refractivity contribution >= 4 is 0 Å². The molecule has 17 heavy (non-hydrogen) atoms. The van der Waals surface area contributed by atoms with E-state index in [4.69, 9.17) is 10.5 Å². The molecule has 0 bridgehead atoms. The summed E-state index contributed by atoms with van der Waals surface area (Å²) in [6.07, 6.45) is 4.13. The summed E-state index contributed by atoms with van der Waals surface area (Å²) in [6, 6.07) is 0.717. The van der Waals surface area contributed by atoms with E-state index in [0.29, 0.717) is 12.0 Å². The van der Waals surface area contributed by atoms with Crippen LogP contribution >= 0.6 is 0 Å². The minimum Gasteiger partial charge on any atom is -0.377 e. The summed E-state index contributed by atoms with van der Waals surface area (Å²) < 4.78 is 5.92. The second-order valence-electron chi connectivity index (χ2n) is 7.00. The molecule has 0 aromatic carbocycles. The molecular formula is C14H26N2O. The lowest BCUT2D eigenvalue weighted by Crippen LogP contribution is -2.80. The first-order valence-corrected chi connectivity index (χ1v) is 7.10. The Morgan fingerprint density at radius 3 is 2.76 bits per heavy atom. The average Bonchev–Trinajstić information content (AvgIpc) is 3.02. The summed E-state index contributed by atoms with van der Waals surface area (Å²) in [5.74, 6) is 1.41. The van der Waals surface area contributed by atoms with E-state index in [1.165, 1.54) is 19.3 Å². The van der Waals surface area contributed by atoms with E-state index in [9.17, 15) is 0 Å². The zero-order chi connectivity index (χ0) is 12.3. The van der Waals surface area contributed by atoms with Crippen LogP contribution in [0.15, 0.2) is 0 Å². The smallest absolute Gasteiger partial charge is 0.0690 e. The summed E-state index contributed by atoms with van der Waals surface area (Å²) in [5.41, 5.74) is 6.76. The van der Waals surface area contributed by atoms with Crippen LogP contribution in [-0.4, -0.2) is 30.8 Å². The molecule has 2 aliphatic carbocycles. The molecule has 2 saturated carbocycles. The van der Waals surface area contributed by atoms with Crippen molar-refractivity contribution in [3.05, 3.63) is 0 Å². The third-order valence-corrected chi connectivity index (χ3v) is 5.66. The number of rotatable bonds is 3. The molecule has 0 spiro atoms. The van der Waals surface area contributed by atoms with Gasteiger partial charge in [-0.15, -0.1) is 0 Å². The molecular weight excluding hydrogens is 212 g/mol. The molecule has 3 rings (SSSR count). The molecule has 0 amide bonds. The Balaban J connectivity index is 1.67. The van der Waals surface area contributed by atoms with Gasteiger partial charge >= 0.3 is 0 Å². The number of hydrogen-bond donors (Lipinski definition) is 2. The first kappa shape index (κ1) is 11.9. The van der Waals surface area contributed by atoms with Crippen LogP contribution in [0, 0.1) is 17.3 Å². The Morgan fingerprint density at radius 2 is 2.12 bits per heavy atom. The normalized spacial score (nSPS) is 51.5. The SMILES string of the molecule is CC1CC1NCC1(N)C2CCCOC2C1(C)C. The number of hydrogen-bond acceptors (Lipinski definition) is 3. The van der Waals surface area contributed by atoms with Crippen LogP contribution in [0.2, 0.25) is 0 Å². The molecule has 5 unspecified atom stereocenters. The van der Waals surface area contributed by atoms with E-state index in [0.717, 1.165) is 25.1 Å². The highest BCUT2D eigenvalue weighted by molar-refractivity contribution is 5.21. The van der Waals surface area contributed by atoms with Crippen molar-refractivity contribution in [1.29, 1.82) is 0 Å². The largest absolute Gasteiger partial charge is 0.377 e. The maximum atomic E-state index is 6.71. The fourth-order valence-corrected chi connectivity index (χ4v) is 3.93. The number of nitrogens with one attached hydrogen (secondary N) is 1. The van der Waals surface area contributed by atoms with Crippen molar-refractivity contribution in [3.63, 3.8) is 0 Å². The molecule has 1 saturated heterocycles. The zero-order valence-corrected chi connectivity index (χ0v) is 11.3. The predicted octanol–water partition coefficient (Wildman–Crippen LogP) is 1.52. The molecule has 3 aliphatic rings. The van der Waals surface area contributed by atoms with Gasteiger partial charge in [0, 0.05) is 36.1 Å². The number of fused-ring (bicyclic) bond motifs is 1. The van der Waals surface area contributed by atoms with E-state index < -0.39 is 0 Å². The molecule has 0 aromatic heterocycles. The Bertz CT molecular complexity index is 317. The van der Waals surface area contributed by atoms with Gasteiger partial charge in [-0.3, -0.25) is 0 Å². The molecule has 0 aromatic rings. The van der Waals surface area contributed by atoms with Crippen molar-refractivity contribution in [3.8, 4) is 0 Å². The molecule has 5 atom stereocenters. The summed E-state index contributed by atoms with van der Waals surface area (Å²) in [5, 5.41) is 3.66. The third-order valence-electron chi connectivity index (χ3n) is 5.66. The minimum atomic E-state index is -0.0691. The summed E-state index contributed by atoms with van der Waals surface area (Å²) in [4.78, 5) is 0.